The molecule has 24 heavy (non-hydrogen) atoms. The van der Waals surface area contributed by atoms with Crippen LogP contribution in [0.1, 0.15) is 11.1 Å². The summed E-state index contributed by atoms with van der Waals surface area (Å²) >= 11 is 12.6. The lowest BCUT2D eigenvalue weighted by Gasteiger charge is -2.16. The number of halogens is 2. The zero-order valence-corrected chi connectivity index (χ0v) is 14.9. The number of benzene rings is 1. The summed E-state index contributed by atoms with van der Waals surface area (Å²) in [4.78, 5) is 8.22. The van der Waals surface area contributed by atoms with Crippen LogP contribution >= 0.6 is 23.2 Å². The summed E-state index contributed by atoms with van der Waals surface area (Å²) in [6.07, 6.45) is 1.86. The fraction of sp³-hybridized carbons (Fsp3) is 0.250. The van der Waals surface area contributed by atoms with Gasteiger partial charge in [-0.3, -0.25) is 0 Å². The molecular weight excluding hydrogens is 351 g/mol. The zero-order chi connectivity index (χ0) is 17.4. The highest BCUT2D eigenvalue weighted by Gasteiger charge is 2.17. The number of anilines is 1. The molecule has 0 aliphatic heterocycles. The lowest BCUT2D eigenvalue weighted by molar-refractivity contribution is 0.388. The Hall–Kier alpha value is -2.18. The van der Waals surface area contributed by atoms with E-state index in [2.05, 4.69) is 9.97 Å². The van der Waals surface area contributed by atoms with Crippen LogP contribution in [0, 0.1) is 6.92 Å². The second-order valence-corrected chi connectivity index (χ2v) is 6.00. The Morgan fingerprint density at radius 3 is 2.62 bits per heavy atom. The Balaban J connectivity index is 2.12. The van der Waals surface area contributed by atoms with E-state index in [9.17, 15) is 0 Å². The van der Waals surface area contributed by atoms with E-state index >= 15 is 0 Å². The van der Waals surface area contributed by atoms with Crippen LogP contribution in [0.3, 0.4) is 0 Å². The number of methoxy groups -OCH3 is 2. The van der Waals surface area contributed by atoms with Crippen LogP contribution in [-0.2, 0) is 6.54 Å². The molecule has 2 heterocycles. The third-order valence-corrected chi connectivity index (χ3v) is 4.55. The highest BCUT2D eigenvalue weighted by Crippen LogP contribution is 2.38. The number of nitrogen functional groups attached to an aromatic ring is 1. The van der Waals surface area contributed by atoms with Crippen molar-refractivity contribution in [2.45, 2.75) is 13.5 Å². The Labute approximate surface area is 149 Å². The van der Waals surface area contributed by atoms with Crippen molar-refractivity contribution in [1.82, 2.24) is 14.5 Å². The molecule has 0 radical (unpaired) electrons. The number of fused-ring (bicyclic) bond motifs is 1. The first-order chi connectivity index (χ1) is 11.5. The molecule has 3 aromatic rings. The summed E-state index contributed by atoms with van der Waals surface area (Å²) in [5, 5.41) is 1.58. The second kappa shape index (κ2) is 6.37. The first-order valence-corrected chi connectivity index (χ1v) is 7.89. The van der Waals surface area contributed by atoms with Gasteiger partial charge in [-0.15, -0.1) is 0 Å². The third kappa shape index (κ3) is 2.72. The highest BCUT2D eigenvalue weighted by molar-refractivity contribution is 6.34. The van der Waals surface area contributed by atoms with Gasteiger partial charge in [0.1, 0.15) is 22.3 Å². The molecule has 0 aliphatic rings. The first-order valence-electron chi connectivity index (χ1n) is 7.14. The fourth-order valence-electron chi connectivity index (χ4n) is 2.68. The summed E-state index contributed by atoms with van der Waals surface area (Å²) in [6, 6.07) is 3.73. The maximum atomic E-state index is 6.50. The minimum Gasteiger partial charge on any atom is -0.496 e. The molecule has 3 rings (SSSR count). The number of nitrogens with zero attached hydrogens (tertiary/aromatic N) is 3. The van der Waals surface area contributed by atoms with Crippen LogP contribution in [0.4, 0.5) is 5.95 Å². The summed E-state index contributed by atoms with van der Waals surface area (Å²) in [7, 11) is 3.19. The van der Waals surface area contributed by atoms with Crippen molar-refractivity contribution in [2.75, 3.05) is 20.0 Å². The molecule has 2 N–H and O–H groups in total. The molecule has 8 heteroatoms. The van der Waals surface area contributed by atoms with Gasteiger partial charge in [0.05, 0.1) is 31.2 Å². The lowest BCUT2D eigenvalue weighted by atomic mass is 10.1. The van der Waals surface area contributed by atoms with Crippen LogP contribution in [0.25, 0.3) is 11.0 Å². The van der Waals surface area contributed by atoms with Crippen LogP contribution < -0.4 is 15.2 Å². The molecule has 2 aromatic heterocycles. The maximum absolute atomic E-state index is 6.50. The highest BCUT2D eigenvalue weighted by atomic mass is 35.5. The standard InChI is InChI=1S/C16H16Cl2N4O2/c1-8-11(23-2)6-9(12(17)13(8)24-3)7-22-5-4-10-14(18)20-16(19)21-15(10)22/h4-6H,7H2,1-3H3,(H2,19,20,21). The van der Waals surface area contributed by atoms with Gasteiger partial charge in [0, 0.05) is 11.8 Å². The number of aromatic nitrogens is 3. The molecule has 1 aromatic carbocycles. The van der Waals surface area contributed by atoms with Crippen LogP contribution in [0.15, 0.2) is 18.3 Å². The summed E-state index contributed by atoms with van der Waals surface area (Å²) in [5.74, 6) is 1.42. The molecule has 0 fully saturated rings. The summed E-state index contributed by atoms with van der Waals surface area (Å²) < 4.78 is 12.7. The van der Waals surface area contributed by atoms with Crippen molar-refractivity contribution in [1.29, 1.82) is 0 Å². The number of nitrogens with two attached hydrogens (primary N) is 1. The number of ether oxygens (including phenoxy) is 2. The van der Waals surface area contributed by atoms with Crippen molar-refractivity contribution in [3.05, 3.63) is 39.6 Å². The summed E-state index contributed by atoms with van der Waals surface area (Å²) in [6.45, 7) is 2.36. The van der Waals surface area contributed by atoms with Crippen LogP contribution in [-0.4, -0.2) is 28.8 Å². The van der Waals surface area contributed by atoms with E-state index in [0.29, 0.717) is 33.9 Å². The van der Waals surface area contributed by atoms with E-state index in [1.165, 1.54) is 0 Å². The van der Waals surface area contributed by atoms with Gasteiger partial charge >= 0.3 is 0 Å². The lowest BCUT2D eigenvalue weighted by Crippen LogP contribution is -2.04. The van der Waals surface area contributed by atoms with Crippen LogP contribution in [0.2, 0.25) is 10.2 Å². The van der Waals surface area contributed by atoms with E-state index in [1.54, 1.807) is 14.2 Å². The van der Waals surface area contributed by atoms with E-state index < -0.39 is 0 Å². The molecule has 0 spiro atoms. The topological polar surface area (TPSA) is 75.2 Å². The smallest absolute Gasteiger partial charge is 0.223 e. The second-order valence-electron chi connectivity index (χ2n) is 5.26. The molecule has 0 saturated heterocycles. The molecule has 0 aliphatic carbocycles. The predicted octanol–water partition coefficient (Wildman–Crippen LogP) is 3.69. The molecule has 6 nitrogen and oxygen atoms in total. The minimum atomic E-state index is 0.123. The quantitative estimate of drug-likeness (QED) is 0.712. The van der Waals surface area contributed by atoms with Gasteiger partial charge in [0.25, 0.3) is 0 Å². The average Bonchev–Trinajstić information content (AvgIpc) is 2.93. The van der Waals surface area contributed by atoms with E-state index in [4.69, 9.17) is 38.4 Å². The maximum Gasteiger partial charge on any atom is 0.223 e. The Kier molecular flexibility index (Phi) is 4.43. The van der Waals surface area contributed by atoms with Crippen molar-refractivity contribution < 1.29 is 9.47 Å². The molecule has 0 amide bonds. The Bertz CT molecular complexity index is 924. The van der Waals surface area contributed by atoms with Gasteiger partial charge < -0.3 is 19.8 Å². The number of rotatable bonds is 4. The largest absolute Gasteiger partial charge is 0.496 e. The summed E-state index contributed by atoms with van der Waals surface area (Å²) in [5.41, 5.74) is 8.02. The van der Waals surface area contributed by atoms with Gasteiger partial charge in [-0.2, -0.15) is 4.98 Å². The Morgan fingerprint density at radius 1 is 1.21 bits per heavy atom. The molecule has 0 bridgehead atoms. The van der Waals surface area contributed by atoms with Crippen molar-refractivity contribution >= 4 is 40.2 Å². The minimum absolute atomic E-state index is 0.123. The molecule has 0 unspecified atom stereocenters. The Morgan fingerprint density at radius 2 is 1.96 bits per heavy atom. The number of hydrogen-bond donors (Lipinski definition) is 1. The zero-order valence-electron chi connectivity index (χ0n) is 13.4. The van der Waals surface area contributed by atoms with Crippen LogP contribution in [0.5, 0.6) is 11.5 Å². The SMILES string of the molecule is COc1cc(Cn2ccc3c(Cl)nc(N)nc32)c(Cl)c(OC)c1C. The third-order valence-electron chi connectivity index (χ3n) is 3.85. The van der Waals surface area contributed by atoms with E-state index in [-0.39, 0.29) is 5.95 Å². The van der Waals surface area contributed by atoms with Gasteiger partial charge in [0.2, 0.25) is 5.95 Å². The van der Waals surface area contributed by atoms with Gasteiger partial charge in [-0.05, 0) is 24.6 Å². The fourth-order valence-corrected chi connectivity index (χ4v) is 3.24. The predicted molar refractivity (Wildman–Crippen MR) is 95.3 cm³/mol. The van der Waals surface area contributed by atoms with Gasteiger partial charge in [-0.1, -0.05) is 23.2 Å². The molecule has 126 valence electrons. The van der Waals surface area contributed by atoms with Crippen molar-refractivity contribution in [2.24, 2.45) is 0 Å². The number of hydrogen-bond acceptors (Lipinski definition) is 5. The monoisotopic (exact) mass is 366 g/mol. The van der Waals surface area contributed by atoms with Gasteiger partial charge in [-0.25, -0.2) is 4.98 Å². The average molecular weight is 367 g/mol. The van der Waals surface area contributed by atoms with E-state index in [1.807, 2.05) is 29.8 Å². The molecule has 0 saturated carbocycles. The molecular formula is C16H16Cl2N4O2. The van der Waals surface area contributed by atoms with Crippen molar-refractivity contribution in [3.8, 4) is 11.5 Å². The molecule has 0 atom stereocenters. The normalized spacial score (nSPS) is 11.0. The van der Waals surface area contributed by atoms with Crippen molar-refractivity contribution in [3.63, 3.8) is 0 Å². The van der Waals surface area contributed by atoms with E-state index in [0.717, 1.165) is 16.5 Å². The first kappa shape index (κ1) is 16.7. The van der Waals surface area contributed by atoms with Gasteiger partial charge in [0.15, 0.2) is 0 Å².